The van der Waals surface area contributed by atoms with Gasteiger partial charge in [0.25, 0.3) is 11.8 Å². The van der Waals surface area contributed by atoms with E-state index in [1.54, 1.807) is 48.5 Å². The molecule has 1 aromatic heterocycles. The third kappa shape index (κ3) is 11.6. The summed E-state index contributed by atoms with van der Waals surface area (Å²) in [5.41, 5.74) is 1.56. The molecule has 0 aliphatic carbocycles. The number of hydrogen-bond acceptors (Lipinski definition) is 8. The van der Waals surface area contributed by atoms with Crippen LogP contribution in [-0.2, 0) is 19.6 Å². The lowest BCUT2D eigenvalue weighted by Crippen LogP contribution is -2.46. The maximum atomic E-state index is 13.6. The topological polar surface area (TPSA) is 194 Å². The lowest BCUT2D eigenvalue weighted by atomic mass is 10.1. The third-order valence-electron chi connectivity index (χ3n) is 7.98. The summed E-state index contributed by atoms with van der Waals surface area (Å²) in [6.07, 6.45) is -1.29. The number of rotatable bonds is 11. The average Bonchev–Trinajstić information content (AvgIpc) is 3.55. The van der Waals surface area contributed by atoms with Crippen LogP contribution < -0.4 is 16.0 Å². The van der Waals surface area contributed by atoms with Gasteiger partial charge in [0, 0.05) is 43.0 Å². The van der Waals surface area contributed by atoms with Crippen LogP contribution in [0.4, 0.5) is 24.5 Å². The van der Waals surface area contributed by atoms with E-state index < -0.39 is 34.0 Å². The van der Waals surface area contributed by atoms with Crippen molar-refractivity contribution in [2.75, 3.05) is 44.4 Å². The molecule has 1 aliphatic rings. The molecule has 0 radical (unpaired) electrons. The van der Waals surface area contributed by atoms with E-state index in [4.69, 9.17) is 33.1 Å². The number of piperidine rings is 1. The average molecular weight is 839 g/mol. The van der Waals surface area contributed by atoms with Gasteiger partial charge in [0.1, 0.15) is 17.1 Å². The zero-order valence-corrected chi connectivity index (χ0v) is 32.1. The highest BCUT2D eigenvalue weighted by Gasteiger charge is 2.38. The molecule has 298 valence electrons. The fourth-order valence-corrected chi connectivity index (χ4v) is 7.34. The molecule has 2 heterocycles. The number of aliphatic carboxylic acids is 1. The second kappa shape index (κ2) is 19.1. The molecular weight excluding hydrogens is 802 g/mol. The molecule has 3 amide bonds. The predicted molar refractivity (Wildman–Crippen MR) is 204 cm³/mol. The summed E-state index contributed by atoms with van der Waals surface area (Å²) in [4.78, 5) is 50.1. The van der Waals surface area contributed by atoms with E-state index in [0.717, 1.165) is 0 Å². The van der Waals surface area contributed by atoms with E-state index in [-0.39, 0.29) is 56.9 Å². The lowest BCUT2D eigenvalue weighted by Gasteiger charge is -2.31. The number of H-pyrrole nitrogens is 1. The van der Waals surface area contributed by atoms with Crippen molar-refractivity contribution in [3.05, 3.63) is 106 Å². The van der Waals surface area contributed by atoms with Gasteiger partial charge in [-0.2, -0.15) is 22.6 Å². The molecule has 1 saturated heterocycles. The quantitative estimate of drug-likeness (QED) is 0.114. The number of aromatic amines is 1. The number of nitrogens with zero attached hydrogens (tertiary/aromatic N) is 3. The van der Waals surface area contributed by atoms with Crippen molar-refractivity contribution in [1.29, 1.82) is 0 Å². The number of hydrogen-bond donors (Lipinski definition) is 5. The molecule has 5 rings (SSSR count). The van der Waals surface area contributed by atoms with Gasteiger partial charge in [0.15, 0.2) is 0 Å². The summed E-state index contributed by atoms with van der Waals surface area (Å²) < 4.78 is 60.1. The van der Waals surface area contributed by atoms with E-state index in [1.807, 2.05) is 25.1 Å². The molecule has 20 heteroatoms. The molecule has 1 fully saturated rings. The summed E-state index contributed by atoms with van der Waals surface area (Å²) >= 11 is 12.5. The van der Waals surface area contributed by atoms with Crippen LogP contribution in [0.5, 0.6) is 0 Å². The van der Waals surface area contributed by atoms with Crippen LogP contribution >= 0.6 is 23.2 Å². The van der Waals surface area contributed by atoms with Gasteiger partial charge in [-0.25, -0.2) is 13.2 Å². The maximum absolute atomic E-state index is 13.6. The molecule has 0 bridgehead atoms. The summed E-state index contributed by atoms with van der Waals surface area (Å²) in [6, 6.07) is 19.5. The Labute approximate surface area is 329 Å². The number of aromatic nitrogens is 2. The third-order valence-corrected chi connectivity index (χ3v) is 10.5. The Balaban J connectivity index is 0.000000908. The molecule has 3 aromatic carbocycles. The normalized spacial score (nSPS) is 13.9. The molecule has 1 aliphatic heterocycles. The van der Waals surface area contributed by atoms with E-state index in [9.17, 15) is 36.0 Å². The monoisotopic (exact) mass is 837 g/mol. The molecule has 0 spiro atoms. The number of carbonyl (C=O) groups is 4. The van der Waals surface area contributed by atoms with Gasteiger partial charge in [0.2, 0.25) is 15.9 Å². The SMILES string of the molecule is CN(C)C/C=C/C(=O)Nc1cccc(S(=O)(=O)N2CCC(NC(=O)c3[nH]nc(-c4ccccc4)c3NC(=O)c3c(Cl)cccc3Cl)CC2)c1.O=C(O)C(F)(F)F. The van der Waals surface area contributed by atoms with Crippen molar-refractivity contribution < 1.29 is 45.9 Å². The second-order valence-electron chi connectivity index (χ2n) is 12.4. The van der Waals surface area contributed by atoms with Gasteiger partial charge in [-0.3, -0.25) is 19.5 Å². The van der Waals surface area contributed by atoms with Gasteiger partial charge < -0.3 is 26.0 Å². The first-order chi connectivity index (χ1) is 26.4. The standard InChI is InChI=1S/C34H35Cl2N7O5S.C2HF3O2/c1-42(2)18-8-15-28(44)37-24-11-6-12-25(21-24)49(47,48)43-19-16-23(17-20-43)38-34(46)32-31(30(40-41-32)22-9-4-3-5-10-22)39-33(45)29-26(35)13-7-14-27(29)36;3-2(4,5)1(6)7/h3-15,21,23H,16-20H2,1-2H3,(H,37,44)(H,38,46)(H,39,45)(H,40,41);(H,6,7)/b15-8+;. The maximum Gasteiger partial charge on any atom is 0.490 e. The first-order valence-electron chi connectivity index (χ1n) is 16.6. The van der Waals surface area contributed by atoms with Crippen molar-refractivity contribution in [1.82, 2.24) is 24.7 Å². The summed E-state index contributed by atoms with van der Waals surface area (Å²) in [6.45, 7) is 0.902. The van der Waals surface area contributed by atoms with Crippen LogP contribution in [0.3, 0.4) is 0 Å². The molecule has 0 unspecified atom stereocenters. The highest BCUT2D eigenvalue weighted by atomic mass is 35.5. The zero-order chi connectivity index (χ0) is 41.2. The van der Waals surface area contributed by atoms with Crippen molar-refractivity contribution in [2.24, 2.45) is 0 Å². The number of likely N-dealkylation sites (N-methyl/N-ethyl adjacent to an activating group) is 1. The highest BCUT2D eigenvalue weighted by Crippen LogP contribution is 2.32. The molecule has 4 aromatic rings. The highest BCUT2D eigenvalue weighted by molar-refractivity contribution is 7.89. The minimum absolute atomic E-state index is 0.0147. The molecule has 0 saturated carbocycles. The number of sulfonamides is 1. The van der Waals surface area contributed by atoms with Crippen molar-refractivity contribution in [2.45, 2.75) is 30.0 Å². The number of halogens is 5. The Kier molecular flexibility index (Phi) is 14.8. The summed E-state index contributed by atoms with van der Waals surface area (Å²) in [5, 5.41) is 22.9. The Morgan fingerprint density at radius 1 is 0.946 bits per heavy atom. The largest absolute Gasteiger partial charge is 0.490 e. The smallest absolute Gasteiger partial charge is 0.475 e. The van der Waals surface area contributed by atoms with E-state index in [1.165, 1.54) is 34.6 Å². The minimum atomic E-state index is -5.08. The Hall–Kier alpha value is -5.27. The number of nitrogens with one attached hydrogen (secondary N) is 4. The second-order valence-corrected chi connectivity index (χ2v) is 15.1. The van der Waals surface area contributed by atoms with Crippen molar-refractivity contribution in [3.63, 3.8) is 0 Å². The van der Waals surface area contributed by atoms with E-state index in [0.29, 0.717) is 36.3 Å². The number of carboxylic acid groups (broad SMARTS) is 1. The number of benzene rings is 3. The number of carboxylic acids is 1. The molecule has 5 N–H and O–H groups in total. The summed E-state index contributed by atoms with van der Waals surface area (Å²) in [5.74, 6) is -4.27. The van der Waals surface area contributed by atoms with Crippen molar-refractivity contribution in [3.8, 4) is 11.3 Å². The van der Waals surface area contributed by atoms with Crippen LogP contribution in [0, 0.1) is 0 Å². The number of alkyl halides is 3. The van der Waals surface area contributed by atoms with Gasteiger partial charge in [-0.05, 0) is 57.3 Å². The first kappa shape index (κ1) is 43.5. The summed E-state index contributed by atoms with van der Waals surface area (Å²) in [7, 11) is -0.110. The fourth-order valence-electron chi connectivity index (χ4n) is 5.26. The van der Waals surface area contributed by atoms with Gasteiger partial charge in [-0.1, -0.05) is 71.7 Å². The fraction of sp³-hybridized carbons (Fsp3) is 0.250. The van der Waals surface area contributed by atoms with E-state index in [2.05, 4.69) is 26.1 Å². The van der Waals surface area contributed by atoms with Crippen LogP contribution in [0.25, 0.3) is 11.3 Å². The molecule has 0 atom stereocenters. The molecular formula is C36H36Cl2F3N7O7S. The van der Waals surface area contributed by atoms with Crippen LogP contribution in [0.1, 0.15) is 33.7 Å². The first-order valence-corrected chi connectivity index (χ1v) is 18.8. The molecule has 14 nitrogen and oxygen atoms in total. The number of amides is 3. The molecule has 56 heavy (non-hydrogen) atoms. The van der Waals surface area contributed by atoms with Crippen LogP contribution in [0.15, 0.2) is 89.8 Å². The van der Waals surface area contributed by atoms with Crippen LogP contribution in [-0.4, -0.2) is 103 Å². The van der Waals surface area contributed by atoms with Crippen LogP contribution in [0.2, 0.25) is 10.0 Å². The van der Waals surface area contributed by atoms with Gasteiger partial charge in [-0.15, -0.1) is 0 Å². The van der Waals surface area contributed by atoms with Gasteiger partial charge >= 0.3 is 12.1 Å². The number of anilines is 2. The Morgan fingerprint density at radius 3 is 2.14 bits per heavy atom. The Bertz CT molecular complexity index is 2170. The Morgan fingerprint density at radius 2 is 1.55 bits per heavy atom. The lowest BCUT2D eigenvalue weighted by molar-refractivity contribution is -0.192. The zero-order valence-electron chi connectivity index (χ0n) is 29.7. The number of carbonyl (C=O) groups excluding carboxylic acids is 3. The predicted octanol–water partition coefficient (Wildman–Crippen LogP) is 5.91. The van der Waals surface area contributed by atoms with E-state index >= 15 is 0 Å². The van der Waals surface area contributed by atoms with Crippen molar-refractivity contribution >= 4 is 68.3 Å². The van der Waals surface area contributed by atoms with Gasteiger partial charge in [0.05, 0.1) is 20.5 Å². The minimum Gasteiger partial charge on any atom is -0.475 e.